The van der Waals surface area contributed by atoms with Crippen molar-refractivity contribution in [3.8, 4) is 22.9 Å². The molecule has 0 unspecified atom stereocenters. The molecule has 0 aliphatic carbocycles. The summed E-state index contributed by atoms with van der Waals surface area (Å²) in [4.78, 5) is 34.1. The molecule has 32 heavy (non-hydrogen) atoms. The Morgan fingerprint density at radius 2 is 1.66 bits per heavy atom. The highest BCUT2D eigenvalue weighted by Crippen LogP contribution is 2.27. The molecule has 4 rings (SSSR count). The second-order valence-corrected chi connectivity index (χ2v) is 8.42. The highest BCUT2D eigenvalue weighted by molar-refractivity contribution is 5.72. The maximum Gasteiger partial charge on any atom is 0.332 e. The van der Waals surface area contributed by atoms with Crippen molar-refractivity contribution >= 4 is 11.2 Å². The van der Waals surface area contributed by atoms with Crippen molar-refractivity contribution < 1.29 is 4.74 Å². The lowest BCUT2D eigenvalue weighted by molar-refractivity contribution is 0.401. The lowest BCUT2D eigenvalue weighted by Gasteiger charge is -2.12. The van der Waals surface area contributed by atoms with Gasteiger partial charge in [-0.05, 0) is 43.0 Å². The van der Waals surface area contributed by atoms with Gasteiger partial charge in [0, 0.05) is 38.1 Å². The fourth-order valence-corrected chi connectivity index (χ4v) is 3.56. The number of pyridine rings is 1. The van der Waals surface area contributed by atoms with E-state index >= 15 is 0 Å². The molecule has 1 aromatic carbocycles. The summed E-state index contributed by atoms with van der Waals surface area (Å²) in [6, 6.07) is 11.9. The first-order valence-corrected chi connectivity index (χ1v) is 10.6. The first-order valence-electron chi connectivity index (χ1n) is 10.6. The number of fused-ring (bicyclic) bond motifs is 1. The monoisotopic (exact) mass is 433 g/mol. The molecule has 166 valence electrons. The van der Waals surface area contributed by atoms with Crippen LogP contribution in [0, 0.1) is 12.8 Å². The third kappa shape index (κ3) is 3.95. The van der Waals surface area contributed by atoms with Crippen molar-refractivity contribution in [2.24, 2.45) is 20.0 Å². The van der Waals surface area contributed by atoms with E-state index in [1.165, 1.54) is 11.6 Å². The molecule has 8 nitrogen and oxygen atoms in total. The minimum atomic E-state index is -0.418. The van der Waals surface area contributed by atoms with Crippen LogP contribution < -0.4 is 16.0 Å². The lowest BCUT2D eigenvalue weighted by atomic mass is 10.1. The van der Waals surface area contributed by atoms with Gasteiger partial charge >= 0.3 is 11.7 Å². The van der Waals surface area contributed by atoms with Crippen LogP contribution in [0.25, 0.3) is 22.3 Å². The van der Waals surface area contributed by atoms with E-state index < -0.39 is 5.69 Å². The zero-order valence-electron chi connectivity index (χ0n) is 19.0. The van der Waals surface area contributed by atoms with Gasteiger partial charge < -0.3 is 4.74 Å². The number of nitrogens with zero attached hydrogens (tertiary/aromatic N) is 5. The SMILES string of the molecule is Cc1ccc(-c2ccc(Oc3nc4c(c(=O)n(C)c(=O)n4C)n3CCC(C)C)cc2)cn1. The van der Waals surface area contributed by atoms with Gasteiger partial charge in [0.25, 0.3) is 5.56 Å². The minimum absolute atomic E-state index is 0.295. The summed E-state index contributed by atoms with van der Waals surface area (Å²) >= 11 is 0. The third-order valence-electron chi connectivity index (χ3n) is 5.55. The van der Waals surface area contributed by atoms with E-state index in [1.54, 1.807) is 11.6 Å². The van der Waals surface area contributed by atoms with Gasteiger partial charge in [-0.15, -0.1) is 0 Å². The van der Waals surface area contributed by atoms with Crippen molar-refractivity contribution in [2.75, 3.05) is 0 Å². The Kier molecular flexibility index (Phi) is 5.69. The number of aromatic nitrogens is 5. The van der Waals surface area contributed by atoms with E-state index in [9.17, 15) is 9.59 Å². The molecule has 0 amide bonds. The molecule has 0 N–H and O–H groups in total. The highest BCUT2D eigenvalue weighted by atomic mass is 16.5. The summed E-state index contributed by atoms with van der Waals surface area (Å²) in [5.41, 5.74) is 2.90. The summed E-state index contributed by atoms with van der Waals surface area (Å²) < 4.78 is 10.4. The Labute approximate surface area is 185 Å². The lowest BCUT2D eigenvalue weighted by Crippen LogP contribution is -2.37. The van der Waals surface area contributed by atoms with Gasteiger partial charge in [0.2, 0.25) is 0 Å². The molecule has 4 aromatic rings. The quantitative estimate of drug-likeness (QED) is 0.464. The summed E-state index contributed by atoms with van der Waals surface area (Å²) in [6.45, 7) is 6.75. The molecule has 0 fully saturated rings. The van der Waals surface area contributed by atoms with Gasteiger partial charge in [-0.2, -0.15) is 4.98 Å². The van der Waals surface area contributed by atoms with Crippen LogP contribution in [0.5, 0.6) is 11.8 Å². The standard InChI is InChI=1S/C24H27N5O3/c1-15(2)12-13-29-20-21(27(4)24(31)28(5)22(20)30)26-23(29)32-19-10-8-17(9-11-19)18-7-6-16(3)25-14-18/h6-11,14-15H,12-13H2,1-5H3. The molecule has 0 saturated carbocycles. The van der Waals surface area contributed by atoms with E-state index in [1.807, 2.05) is 49.5 Å². The molecule has 8 heteroatoms. The summed E-state index contributed by atoms with van der Waals surface area (Å²) in [5, 5.41) is 0. The number of rotatable bonds is 6. The van der Waals surface area contributed by atoms with E-state index in [2.05, 4.69) is 23.8 Å². The first kappa shape index (κ1) is 21.5. The van der Waals surface area contributed by atoms with E-state index in [0.717, 1.165) is 27.8 Å². The summed E-state index contributed by atoms with van der Waals surface area (Å²) in [6.07, 6.45) is 2.68. The van der Waals surface area contributed by atoms with Gasteiger partial charge in [0.1, 0.15) is 5.75 Å². The van der Waals surface area contributed by atoms with E-state index in [0.29, 0.717) is 35.4 Å². The van der Waals surface area contributed by atoms with Crippen LogP contribution in [0.1, 0.15) is 26.0 Å². The minimum Gasteiger partial charge on any atom is -0.425 e. The molecule has 0 spiro atoms. The predicted molar refractivity (Wildman–Crippen MR) is 124 cm³/mol. The second kappa shape index (κ2) is 8.45. The summed E-state index contributed by atoms with van der Waals surface area (Å²) in [5.74, 6) is 1.02. The second-order valence-electron chi connectivity index (χ2n) is 8.42. The van der Waals surface area contributed by atoms with Gasteiger partial charge in [-0.1, -0.05) is 32.0 Å². The largest absolute Gasteiger partial charge is 0.425 e. The van der Waals surface area contributed by atoms with Gasteiger partial charge in [0.05, 0.1) is 0 Å². The molecule has 0 saturated heterocycles. The Morgan fingerprint density at radius 3 is 2.28 bits per heavy atom. The van der Waals surface area contributed by atoms with Crippen LogP contribution in [-0.4, -0.2) is 23.7 Å². The topological polar surface area (TPSA) is 83.9 Å². The number of imidazole rings is 1. The maximum absolute atomic E-state index is 12.9. The number of ether oxygens (including phenoxy) is 1. The van der Waals surface area contributed by atoms with E-state index in [4.69, 9.17) is 4.74 Å². The average Bonchev–Trinajstić information content (AvgIpc) is 3.14. The Hall–Kier alpha value is -3.68. The van der Waals surface area contributed by atoms with Crippen molar-refractivity contribution in [3.05, 3.63) is 69.1 Å². The van der Waals surface area contributed by atoms with Crippen molar-refractivity contribution in [3.63, 3.8) is 0 Å². The zero-order valence-corrected chi connectivity index (χ0v) is 19.0. The van der Waals surface area contributed by atoms with Crippen LogP contribution in [0.4, 0.5) is 0 Å². The van der Waals surface area contributed by atoms with Crippen LogP contribution in [0.2, 0.25) is 0 Å². The normalized spacial score (nSPS) is 11.4. The van der Waals surface area contributed by atoms with E-state index in [-0.39, 0.29) is 5.56 Å². The fourth-order valence-electron chi connectivity index (χ4n) is 3.56. The molecule has 3 heterocycles. The zero-order chi connectivity index (χ0) is 23.0. The van der Waals surface area contributed by atoms with Gasteiger partial charge in [-0.25, -0.2) is 4.79 Å². The molecular weight excluding hydrogens is 406 g/mol. The van der Waals surface area contributed by atoms with Crippen LogP contribution in [-0.2, 0) is 20.6 Å². The maximum atomic E-state index is 12.9. The van der Waals surface area contributed by atoms with Crippen LogP contribution in [0.15, 0.2) is 52.2 Å². The van der Waals surface area contributed by atoms with Crippen LogP contribution in [0.3, 0.4) is 0 Å². The average molecular weight is 434 g/mol. The van der Waals surface area contributed by atoms with Crippen molar-refractivity contribution in [1.82, 2.24) is 23.7 Å². The fraction of sp³-hybridized carbons (Fsp3) is 0.333. The number of benzene rings is 1. The molecular formula is C24H27N5O3. The van der Waals surface area contributed by atoms with Gasteiger partial charge in [0.15, 0.2) is 11.2 Å². The number of aryl methyl sites for hydroxylation is 3. The Bertz CT molecular complexity index is 1380. The smallest absolute Gasteiger partial charge is 0.332 e. The molecule has 0 aliphatic rings. The first-order chi connectivity index (χ1) is 15.3. The number of hydrogen-bond acceptors (Lipinski definition) is 5. The molecule has 0 atom stereocenters. The Balaban J connectivity index is 1.75. The third-order valence-corrected chi connectivity index (χ3v) is 5.55. The number of hydrogen-bond donors (Lipinski definition) is 0. The Morgan fingerprint density at radius 1 is 0.969 bits per heavy atom. The molecule has 0 aliphatic heterocycles. The van der Waals surface area contributed by atoms with Crippen molar-refractivity contribution in [1.29, 1.82) is 0 Å². The highest BCUT2D eigenvalue weighted by Gasteiger charge is 2.20. The molecule has 0 bridgehead atoms. The van der Waals surface area contributed by atoms with Crippen molar-refractivity contribution in [2.45, 2.75) is 33.7 Å². The predicted octanol–water partition coefficient (Wildman–Crippen LogP) is 3.64. The molecule has 0 radical (unpaired) electrons. The van der Waals surface area contributed by atoms with Gasteiger partial charge in [-0.3, -0.25) is 23.5 Å². The van der Waals surface area contributed by atoms with Crippen LogP contribution >= 0.6 is 0 Å². The summed E-state index contributed by atoms with van der Waals surface area (Å²) in [7, 11) is 3.08. The molecule has 3 aromatic heterocycles.